The first-order chi connectivity index (χ1) is 13.5. The fraction of sp³-hybridized carbons (Fsp3) is 0.500. The van der Waals surface area contributed by atoms with Gasteiger partial charge in [0.25, 0.3) is 0 Å². The van der Waals surface area contributed by atoms with Gasteiger partial charge in [0.1, 0.15) is 11.4 Å². The normalized spacial score (nSPS) is 28.5. The molecule has 4 heterocycles. The van der Waals surface area contributed by atoms with Gasteiger partial charge in [-0.3, -0.25) is 9.69 Å². The van der Waals surface area contributed by atoms with E-state index in [9.17, 15) is 9.90 Å². The van der Waals surface area contributed by atoms with Crippen LogP contribution in [0.1, 0.15) is 31.5 Å². The van der Waals surface area contributed by atoms with Crippen LogP contribution in [0.4, 0.5) is 5.69 Å². The average molecular weight is 384 g/mol. The molecule has 28 heavy (non-hydrogen) atoms. The molecule has 2 aromatic rings. The molecule has 1 aromatic heterocycles. The molecule has 0 radical (unpaired) electrons. The number of hydrogen-bond acceptors (Lipinski definition) is 6. The number of anilines is 1. The number of nitrogens with one attached hydrogen (secondary N) is 1. The Labute approximate surface area is 163 Å². The number of rotatable bonds is 4. The fourth-order valence-electron chi connectivity index (χ4n) is 4.91. The summed E-state index contributed by atoms with van der Waals surface area (Å²) in [6.07, 6.45) is 6.78. The van der Waals surface area contributed by atoms with E-state index in [1.54, 1.807) is 18.3 Å². The highest BCUT2D eigenvalue weighted by molar-refractivity contribution is 5.92. The molecule has 2 N–H and O–H groups in total. The van der Waals surface area contributed by atoms with Crippen LogP contribution in [0, 0.1) is 0 Å². The van der Waals surface area contributed by atoms with Gasteiger partial charge in [0.05, 0.1) is 6.54 Å². The molecule has 3 aliphatic rings. The predicted molar refractivity (Wildman–Crippen MR) is 101 cm³/mol. The Hall–Kier alpha value is -2.58. The minimum absolute atomic E-state index is 0.0572. The van der Waals surface area contributed by atoms with Crippen LogP contribution in [0.2, 0.25) is 0 Å². The number of hydrogen-bond donors (Lipinski definition) is 2. The van der Waals surface area contributed by atoms with Crippen molar-refractivity contribution in [1.82, 2.24) is 14.5 Å². The first kappa shape index (κ1) is 17.5. The number of aryl methyl sites for hydroxylation is 1. The summed E-state index contributed by atoms with van der Waals surface area (Å²) in [5.74, 6) is 2.00. The number of ether oxygens (including phenoxy) is 2. The number of piperidine rings is 1. The van der Waals surface area contributed by atoms with Gasteiger partial charge in [0.2, 0.25) is 12.7 Å². The average Bonchev–Trinajstić information content (AvgIpc) is 3.35. The van der Waals surface area contributed by atoms with Crippen molar-refractivity contribution < 1.29 is 19.4 Å². The highest BCUT2D eigenvalue weighted by Gasteiger charge is 2.50. The van der Waals surface area contributed by atoms with Crippen LogP contribution in [0.25, 0.3) is 0 Å². The molecular formula is C20H24N4O4. The van der Waals surface area contributed by atoms with Crippen LogP contribution < -0.4 is 14.8 Å². The lowest BCUT2D eigenvalue weighted by molar-refractivity contribution is -0.121. The van der Waals surface area contributed by atoms with Crippen LogP contribution in [-0.2, 0) is 17.4 Å². The summed E-state index contributed by atoms with van der Waals surface area (Å²) in [4.78, 5) is 19.2. The minimum atomic E-state index is -0.922. The Bertz CT molecular complexity index is 897. The van der Waals surface area contributed by atoms with Gasteiger partial charge in [0, 0.05) is 43.3 Å². The van der Waals surface area contributed by atoms with Crippen molar-refractivity contribution in [2.24, 2.45) is 7.05 Å². The summed E-state index contributed by atoms with van der Waals surface area (Å²) >= 11 is 0. The van der Waals surface area contributed by atoms with E-state index in [2.05, 4.69) is 15.2 Å². The summed E-state index contributed by atoms with van der Waals surface area (Å²) in [6, 6.07) is 5.77. The molecule has 0 aliphatic carbocycles. The Kier molecular flexibility index (Phi) is 4.06. The molecular weight excluding hydrogens is 360 g/mol. The van der Waals surface area contributed by atoms with Gasteiger partial charge >= 0.3 is 0 Å². The van der Waals surface area contributed by atoms with E-state index in [4.69, 9.17) is 9.47 Å². The van der Waals surface area contributed by atoms with Gasteiger partial charge < -0.3 is 24.5 Å². The maximum absolute atomic E-state index is 12.6. The molecule has 2 saturated heterocycles. The largest absolute Gasteiger partial charge is 0.454 e. The zero-order valence-corrected chi connectivity index (χ0v) is 15.8. The van der Waals surface area contributed by atoms with Gasteiger partial charge in [0.15, 0.2) is 11.5 Å². The fourth-order valence-corrected chi connectivity index (χ4v) is 4.91. The van der Waals surface area contributed by atoms with Crippen LogP contribution in [-0.4, -0.2) is 50.9 Å². The number of carbonyl (C=O) groups excluding carboxylic acids is 1. The highest BCUT2D eigenvalue weighted by Crippen LogP contribution is 2.45. The SMILES string of the molecule is Cn1ccnc1C1(O)C[C@H]2CC[C@H](C1)N2CC(=O)Nc1ccc2c(c1)OCO2. The van der Waals surface area contributed by atoms with E-state index in [0.29, 0.717) is 42.4 Å². The van der Waals surface area contributed by atoms with Gasteiger partial charge in [-0.05, 0) is 37.8 Å². The monoisotopic (exact) mass is 384 g/mol. The third kappa shape index (κ3) is 2.93. The lowest BCUT2D eigenvalue weighted by atomic mass is 9.85. The van der Waals surface area contributed by atoms with Gasteiger partial charge in [-0.15, -0.1) is 0 Å². The van der Waals surface area contributed by atoms with Crippen molar-refractivity contribution in [3.8, 4) is 11.5 Å². The summed E-state index contributed by atoms with van der Waals surface area (Å²) in [7, 11) is 1.91. The lowest BCUT2D eigenvalue weighted by Gasteiger charge is -2.43. The Morgan fingerprint density at radius 1 is 1.29 bits per heavy atom. The molecule has 8 heteroatoms. The summed E-state index contributed by atoms with van der Waals surface area (Å²) < 4.78 is 12.6. The number of nitrogens with zero attached hydrogens (tertiary/aromatic N) is 3. The molecule has 0 unspecified atom stereocenters. The minimum Gasteiger partial charge on any atom is -0.454 e. The molecule has 148 valence electrons. The highest BCUT2D eigenvalue weighted by atomic mass is 16.7. The van der Waals surface area contributed by atoms with Crippen LogP contribution in [0.5, 0.6) is 11.5 Å². The van der Waals surface area contributed by atoms with E-state index in [1.165, 1.54) is 0 Å². The van der Waals surface area contributed by atoms with Crippen LogP contribution in [0.3, 0.4) is 0 Å². The van der Waals surface area contributed by atoms with Crippen molar-refractivity contribution in [2.45, 2.75) is 43.4 Å². The van der Waals surface area contributed by atoms with Gasteiger partial charge in [-0.2, -0.15) is 0 Å². The predicted octanol–water partition coefficient (Wildman–Crippen LogP) is 1.60. The van der Waals surface area contributed by atoms with Gasteiger partial charge in [-0.1, -0.05) is 0 Å². The molecule has 2 fully saturated rings. The second-order valence-electron chi connectivity index (χ2n) is 7.98. The lowest BCUT2D eigenvalue weighted by Crippen LogP contribution is -2.52. The van der Waals surface area contributed by atoms with Crippen molar-refractivity contribution in [2.75, 3.05) is 18.7 Å². The number of aliphatic hydroxyl groups is 1. The second kappa shape index (κ2) is 6.49. The molecule has 3 aliphatic heterocycles. The molecule has 2 bridgehead atoms. The van der Waals surface area contributed by atoms with E-state index in [1.807, 2.05) is 23.9 Å². The van der Waals surface area contributed by atoms with Crippen molar-refractivity contribution in [3.05, 3.63) is 36.4 Å². The van der Waals surface area contributed by atoms with Crippen LogP contribution >= 0.6 is 0 Å². The Morgan fingerprint density at radius 2 is 2.04 bits per heavy atom. The summed E-state index contributed by atoms with van der Waals surface area (Å²) in [5.41, 5.74) is -0.225. The third-order valence-corrected chi connectivity index (χ3v) is 6.14. The van der Waals surface area contributed by atoms with E-state index < -0.39 is 5.60 Å². The first-order valence-corrected chi connectivity index (χ1v) is 9.67. The topological polar surface area (TPSA) is 88.9 Å². The zero-order chi connectivity index (χ0) is 19.3. The molecule has 5 rings (SSSR count). The molecule has 8 nitrogen and oxygen atoms in total. The van der Waals surface area contributed by atoms with Crippen molar-refractivity contribution in [1.29, 1.82) is 0 Å². The van der Waals surface area contributed by atoms with E-state index in [-0.39, 0.29) is 24.8 Å². The molecule has 1 amide bonds. The third-order valence-electron chi connectivity index (χ3n) is 6.14. The van der Waals surface area contributed by atoms with Crippen molar-refractivity contribution in [3.63, 3.8) is 0 Å². The number of carbonyl (C=O) groups is 1. The number of amides is 1. The van der Waals surface area contributed by atoms with E-state index >= 15 is 0 Å². The first-order valence-electron chi connectivity index (χ1n) is 9.67. The molecule has 0 saturated carbocycles. The molecule has 2 atom stereocenters. The van der Waals surface area contributed by atoms with Crippen molar-refractivity contribution >= 4 is 11.6 Å². The number of fused-ring (bicyclic) bond motifs is 3. The molecule has 0 spiro atoms. The van der Waals surface area contributed by atoms with Crippen LogP contribution in [0.15, 0.2) is 30.6 Å². The molecule has 1 aromatic carbocycles. The quantitative estimate of drug-likeness (QED) is 0.833. The van der Waals surface area contributed by atoms with E-state index in [0.717, 1.165) is 12.8 Å². The number of benzene rings is 1. The number of imidazole rings is 1. The summed E-state index contributed by atoms with van der Waals surface area (Å²) in [6.45, 7) is 0.531. The maximum Gasteiger partial charge on any atom is 0.238 e. The smallest absolute Gasteiger partial charge is 0.238 e. The summed E-state index contributed by atoms with van der Waals surface area (Å²) in [5, 5.41) is 14.2. The Morgan fingerprint density at radius 3 is 2.75 bits per heavy atom. The van der Waals surface area contributed by atoms with Gasteiger partial charge in [-0.25, -0.2) is 4.98 Å². The Balaban J connectivity index is 1.26. The second-order valence-corrected chi connectivity index (χ2v) is 7.98. The maximum atomic E-state index is 12.6. The number of aromatic nitrogens is 2. The standard InChI is InChI=1S/C20H24N4O4/c1-23-7-6-21-19(23)20(26)9-14-3-4-15(10-20)24(14)11-18(25)22-13-2-5-16-17(8-13)28-12-27-16/h2,5-8,14-15,26H,3-4,9-12H2,1H3,(H,22,25)/t14-,15-/m1/s1. The zero-order valence-electron chi connectivity index (χ0n) is 15.8.